The summed E-state index contributed by atoms with van der Waals surface area (Å²) in [5.41, 5.74) is 3.61. The number of hydrazine groups is 1. The topological polar surface area (TPSA) is 109 Å². The Kier molecular flexibility index (Phi) is 3.98. The van der Waals surface area contributed by atoms with Crippen LogP contribution in [0.5, 0.6) is 0 Å². The lowest BCUT2D eigenvalue weighted by Crippen LogP contribution is -2.26. The first-order valence-electron chi connectivity index (χ1n) is 5.54. The third-order valence-electron chi connectivity index (χ3n) is 2.57. The molecule has 7 nitrogen and oxygen atoms in total. The van der Waals surface area contributed by atoms with Gasteiger partial charge in [-0.15, -0.1) is 0 Å². The van der Waals surface area contributed by atoms with Gasteiger partial charge in [-0.05, 0) is 19.1 Å². The van der Waals surface area contributed by atoms with Gasteiger partial charge in [0.15, 0.2) is 0 Å². The average Bonchev–Trinajstić information content (AvgIpc) is 2.91. The molecule has 2 aromatic heterocycles. The molecule has 19 heavy (non-hydrogen) atoms. The standard InChI is InChI=1S/C11H13ClN6O/c1-6(8-4-14-15-5-8)16-11(19)7-2-9(12)17-10(3-7)18-13/h2-6H,13H2,1H3,(H,14,15)(H,16,19)(H,17,18). The fourth-order valence-electron chi connectivity index (χ4n) is 1.56. The van der Waals surface area contributed by atoms with Crippen molar-refractivity contribution in [3.05, 3.63) is 40.8 Å². The van der Waals surface area contributed by atoms with Crippen molar-refractivity contribution in [2.75, 3.05) is 5.43 Å². The summed E-state index contributed by atoms with van der Waals surface area (Å²) in [4.78, 5) is 16.0. The predicted molar refractivity (Wildman–Crippen MR) is 71.5 cm³/mol. The molecule has 1 unspecified atom stereocenters. The molecule has 5 N–H and O–H groups in total. The molecule has 1 amide bonds. The Balaban J connectivity index is 2.13. The van der Waals surface area contributed by atoms with Gasteiger partial charge in [0.2, 0.25) is 0 Å². The summed E-state index contributed by atoms with van der Waals surface area (Å²) in [6, 6.07) is 2.82. The normalized spacial score (nSPS) is 11.9. The molecule has 100 valence electrons. The zero-order valence-electron chi connectivity index (χ0n) is 10.1. The molecule has 2 heterocycles. The van der Waals surface area contributed by atoms with Gasteiger partial charge >= 0.3 is 0 Å². The minimum absolute atomic E-state index is 0.174. The summed E-state index contributed by atoms with van der Waals surface area (Å²) in [5.74, 6) is 5.31. The number of aromatic nitrogens is 3. The van der Waals surface area contributed by atoms with Crippen molar-refractivity contribution in [3.63, 3.8) is 0 Å². The highest BCUT2D eigenvalue weighted by atomic mass is 35.5. The number of hydrogen-bond donors (Lipinski definition) is 4. The number of hydrogen-bond acceptors (Lipinski definition) is 5. The smallest absolute Gasteiger partial charge is 0.252 e. The second-order valence-electron chi connectivity index (χ2n) is 3.93. The first-order valence-corrected chi connectivity index (χ1v) is 5.91. The summed E-state index contributed by atoms with van der Waals surface area (Å²) in [6.45, 7) is 1.85. The van der Waals surface area contributed by atoms with Crippen molar-refractivity contribution in [1.82, 2.24) is 20.5 Å². The van der Waals surface area contributed by atoms with Crippen molar-refractivity contribution in [1.29, 1.82) is 0 Å². The van der Waals surface area contributed by atoms with E-state index in [0.717, 1.165) is 5.56 Å². The Bertz CT molecular complexity index is 571. The molecule has 0 saturated heterocycles. The SMILES string of the molecule is CC(NC(=O)c1cc(Cl)nc(NN)c1)c1cn[nH]c1. The third kappa shape index (κ3) is 3.21. The molecule has 0 spiro atoms. The molecule has 8 heteroatoms. The number of amides is 1. The Hall–Kier alpha value is -2.12. The van der Waals surface area contributed by atoms with Gasteiger partial charge in [0.25, 0.3) is 5.91 Å². The molecule has 2 rings (SSSR count). The van der Waals surface area contributed by atoms with E-state index in [1.807, 2.05) is 6.92 Å². The van der Waals surface area contributed by atoms with Crippen LogP contribution in [0, 0.1) is 0 Å². The van der Waals surface area contributed by atoms with E-state index in [2.05, 4.69) is 25.9 Å². The van der Waals surface area contributed by atoms with E-state index in [-0.39, 0.29) is 17.1 Å². The minimum atomic E-state index is -0.269. The molecule has 0 aliphatic heterocycles. The fraction of sp³-hybridized carbons (Fsp3) is 0.182. The minimum Gasteiger partial charge on any atom is -0.345 e. The zero-order chi connectivity index (χ0) is 13.8. The molecule has 0 aliphatic carbocycles. The fourth-order valence-corrected chi connectivity index (χ4v) is 1.77. The summed E-state index contributed by atoms with van der Waals surface area (Å²) < 4.78 is 0. The highest BCUT2D eigenvalue weighted by Gasteiger charge is 2.13. The number of pyridine rings is 1. The van der Waals surface area contributed by atoms with Crippen molar-refractivity contribution >= 4 is 23.3 Å². The van der Waals surface area contributed by atoms with Crippen LogP contribution in [-0.2, 0) is 0 Å². The number of rotatable bonds is 4. The van der Waals surface area contributed by atoms with Crippen molar-refractivity contribution in [3.8, 4) is 0 Å². The van der Waals surface area contributed by atoms with E-state index in [9.17, 15) is 4.79 Å². The highest BCUT2D eigenvalue weighted by molar-refractivity contribution is 6.29. The molecule has 2 aromatic rings. The van der Waals surface area contributed by atoms with Crippen LogP contribution < -0.4 is 16.6 Å². The maximum Gasteiger partial charge on any atom is 0.252 e. The second-order valence-corrected chi connectivity index (χ2v) is 4.32. The molecule has 0 aliphatic rings. The number of nitrogens with zero attached hydrogens (tertiary/aromatic N) is 2. The predicted octanol–water partition coefficient (Wildman–Crippen LogP) is 1.23. The zero-order valence-corrected chi connectivity index (χ0v) is 10.9. The molecule has 0 aromatic carbocycles. The van der Waals surface area contributed by atoms with Crippen LogP contribution in [0.3, 0.4) is 0 Å². The van der Waals surface area contributed by atoms with E-state index in [0.29, 0.717) is 11.4 Å². The molecular weight excluding hydrogens is 268 g/mol. The molecule has 0 saturated carbocycles. The van der Waals surface area contributed by atoms with Crippen molar-refractivity contribution in [2.24, 2.45) is 5.84 Å². The quantitative estimate of drug-likeness (QED) is 0.383. The van der Waals surface area contributed by atoms with Crippen LogP contribution in [0.15, 0.2) is 24.5 Å². The maximum absolute atomic E-state index is 12.1. The van der Waals surface area contributed by atoms with Gasteiger partial charge in [-0.1, -0.05) is 11.6 Å². The Morgan fingerprint density at radius 2 is 2.32 bits per heavy atom. The Morgan fingerprint density at radius 3 is 2.95 bits per heavy atom. The first kappa shape index (κ1) is 13.3. The number of halogens is 1. The van der Waals surface area contributed by atoms with Crippen LogP contribution in [-0.4, -0.2) is 21.1 Å². The number of nitrogens with one attached hydrogen (secondary N) is 3. The van der Waals surface area contributed by atoms with Crippen molar-refractivity contribution < 1.29 is 4.79 Å². The average molecular weight is 281 g/mol. The largest absolute Gasteiger partial charge is 0.345 e. The van der Waals surface area contributed by atoms with E-state index in [1.54, 1.807) is 12.4 Å². The van der Waals surface area contributed by atoms with Crippen LogP contribution in [0.25, 0.3) is 0 Å². The van der Waals surface area contributed by atoms with Crippen molar-refractivity contribution in [2.45, 2.75) is 13.0 Å². The van der Waals surface area contributed by atoms with Crippen LogP contribution >= 0.6 is 11.6 Å². The number of H-pyrrole nitrogens is 1. The molecule has 0 radical (unpaired) electrons. The van der Waals surface area contributed by atoms with Gasteiger partial charge in [-0.2, -0.15) is 5.10 Å². The monoisotopic (exact) mass is 280 g/mol. The lowest BCUT2D eigenvalue weighted by Gasteiger charge is -2.12. The van der Waals surface area contributed by atoms with Gasteiger partial charge in [-0.3, -0.25) is 9.89 Å². The molecule has 0 bridgehead atoms. The van der Waals surface area contributed by atoms with E-state index < -0.39 is 0 Å². The van der Waals surface area contributed by atoms with Gasteiger partial charge in [0.1, 0.15) is 11.0 Å². The Labute approximate surface area is 114 Å². The number of nitrogen functional groups attached to an aromatic ring is 1. The van der Waals surface area contributed by atoms with Gasteiger partial charge in [-0.25, -0.2) is 10.8 Å². The van der Waals surface area contributed by atoms with E-state index in [1.165, 1.54) is 12.1 Å². The second kappa shape index (κ2) is 5.68. The number of carbonyl (C=O) groups is 1. The third-order valence-corrected chi connectivity index (χ3v) is 2.76. The Morgan fingerprint density at radius 1 is 1.53 bits per heavy atom. The van der Waals surface area contributed by atoms with E-state index >= 15 is 0 Å². The van der Waals surface area contributed by atoms with Gasteiger partial charge in [0.05, 0.1) is 12.2 Å². The van der Waals surface area contributed by atoms with Gasteiger partial charge in [0, 0.05) is 17.3 Å². The van der Waals surface area contributed by atoms with Gasteiger partial charge < -0.3 is 10.7 Å². The van der Waals surface area contributed by atoms with Crippen LogP contribution in [0.2, 0.25) is 5.15 Å². The summed E-state index contributed by atoms with van der Waals surface area (Å²) in [7, 11) is 0. The number of nitrogens with two attached hydrogens (primary N) is 1. The number of aromatic amines is 1. The summed E-state index contributed by atoms with van der Waals surface area (Å²) in [5, 5.41) is 9.54. The lowest BCUT2D eigenvalue weighted by atomic mass is 10.1. The highest BCUT2D eigenvalue weighted by Crippen LogP contribution is 2.15. The van der Waals surface area contributed by atoms with Crippen LogP contribution in [0.1, 0.15) is 28.9 Å². The molecular formula is C11H13ClN6O. The van der Waals surface area contributed by atoms with Crippen LogP contribution in [0.4, 0.5) is 5.82 Å². The van der Waals surface area contributed by atoms with E-state index in [4.69, 9.17) is 17.4 Å². The maximum atomic E-state index is 12.1. The summed E-state index contributed by atoms with van der Waals surface area (Å²) >= 11 is 5.81. The first-order chi connectivity index (χ1) is 9.10. The number of anilines is 1. The molecule has 0 fully saturated rings. The lowest BCUT2D eigenvalue weighted by molar-refractivity contribution is 0.0940. The molecule has 1 atom stereocenters. The number of carbonyl (C=O) groups excluding carboxylic acids is 1. The summed E-state index contributed by atoms with van der Waals surface area (Å²) in [6.07, 6.45) is 3.37.